The van der Waals surface area contributed by atoms with Crippen LogP contribution in [0.3, 0.4) is 0 Å². The molecule has 3 atom stereocenters. The summed E-state index contributed by atoms with van der Waals surface area (Å²) in [5, 5.41) is 3.01. The third kappa shape index (κ3) is 6.12. The molecule has 3 aromatic carbocycles. The molecule has 0 radical (unpaired) electrons. The number of hydrogen-bond donors (Lipinski definition) is 1. The molecule has 0 saturated carbocycles. The summed E-state index contributed by atoms with van der Waals surface area (Å²) in [5.74, 6) is 0.473. The van der Waals surface area contributed by atoms with Gasteiger partial charge in [-0.15, -0.1) is 0 Å². The van der Waals surface area contributed by atoms with Gasteiger partial charge in [-0.2, -0.15) is 0 Å². The van der Waals surface area contributed by atoms with Gasteiger partial charge in [0.05, 0.1) is 38.4 Å². The number of fused-ring (bicyclic) bond motifs is 2. The van der Waals surface area contributed by atoms with Crippen molar-refractivity contribution in [1.29, 1.82) is 0 Å². The summed E-state index contributed by atoms with van der Waals surface area (Å²) >= 11 is 0. The first-order valence-electron chi connectivity index (χ1n) is 13.5. The van der Waals surface area contributed by atoms with Gasteiger partial charge < -0.3 is 15.1 Å². The monoisotopic (exact) mass is 547 g/mol. The lowest BCUT2D eigenvalue weighted by Crippen LogP contribution is -2.40. The minimum atomic E-state index is -1.61. The van der Waals surface area contributed by atoms with Crippen LogP contribution >= 0.6 is 0 Å². The lowest BCUT2D eigenvalue weighted by molar-refractivity contribution is 0.0944. The molecule has 2 heterocycles. The predicted molar refractivity (Wildman–Crippen MR) is 151 cm³/mol. The maximum absolute atomic E-state index is 13.7. The van der Waals surface area contributed by atoms with E-state index in [1.165, 1.54) is 23.5 Å². The van der Waals surface area contributed by atoms with E-state index in [0.717, 1.165) is 31.6 Å². The fraction of sp³-hybridized carbons (Fsp3) is 0.355. The number of likely N-dealkylation sites (tertiary alicyclic amines) is 1. The predicted octanol–water partition coefficient (Wildman–Crippen LogP) is 5.25. The SMILES string of the molecule is C[C@@H]1C[C@H](C)CN(CCCNC(=O)c2ccc3c(c2)N(Cc2ccc(F)cc2)C(=O)c2ccccc2[S@@]3=O)C1. The van der Waals surface area contributed by atoms with Gasteiger partial charge in [0.2, 0.25) is 0 Å². The van der Waals surface area contributed by atoms with E-state index in [0.29, 0.717) is 45.0 Å². The molecule has 0 spiro atoms. The number of anilines is 1. The highest BCUT2D eigenvalue weighted by Crippen LogP contribution is 2.36. The maximum atomic E-state index is 13.7. The second-order valence-electron chi connectivity index (χ2n) is 10.8. The molecule has 3 aromatic rings. The van der Waals surface area contributed by atoms with Gasteiger partial charge in [0, 0.05) is 25.2 Å². The normalized spacial score (nSPS) is 21.2. The molecule has 204 valence electrons. The van der Waals surface area contributed by atoms with Crippen LogP contribution in [-0.2, 0) is 17.3 Å². The van der Waals surface area contributed by atoms with Crippen molar-refractivity contribution in [2.24, 2.45) is 11.8 Å². The molecule has 1 saturated heterocycles. The third-order valence-electron chi connectivity index (χ3n) is 7.41. The van der Waals surface area contributed by atoms with Crippen LogP contribution < -0.4 is 10.2 Å². The number of nitrogens with one attached hydrogen (secondary N) is 1. The Bertz CT molecular complexity index is 1380. The van der Waals surface area contributed by atoms with Crippen molar-refractivity contribution >= 4 is 28.3 Å². The van der Waals surface area contributed by atoms with Crippen LogP contribution in [0.15, 0.2) is 76.5 Å². The lowest BCUT2D eigenvalue weighted by atomic mass is 9.92. The van der Waals surface area contributed by atoms with Gasteiger partial charge in [0.1, 0.15) is 5.82 Å². The van der Waals surface area contributed by atoms with E-state index in [1.807, 2.05) is 0 Å². The number of benzene rings is 3. The van der Waals surface area contributed by atoms with Crippen molar-refractivity contribution in [3.63, 3.8) is 0 Å². The van der Waals surface area contributed by atoms with Crippen molar-refractivity contribution in [3.05, 3.63) is 89.2 Å². The van der Waals surface area contributed by atoms with E-state index in [1.54, 1.807) is 54.6 Å². The summed E-state index contributed by atoms with van der Waals surface area (Å²) in [4.78, 5) is 31.7. The van der Waals surface area contributed by atoms with Crippen molar-refractivity contribution in [3.8, 4) is 0 Å². The fourth-order valence-electron chi connectivity index (χ4n) is 5.72. The van der Waals surface area contributed by atoms with Crippen LogP contribution in [0.2, 0.25) is 0 Å². The summed E-state index contributed by atoms with van der Waals surface area (Å²) in [5.41, 5.74) is 1.88. The minimum Gasteiger partial charge on any atom is -0.352 e. The van der Waals surface area contributed by atoms with Gasteiger partial charge in [-0.1, -0.05) is 38.1 Å². The maximum Gasteiger partial charge on any atom is 0.259 e. The summed E-state index contributed by atoms with van der Waals surface area (Å²) in [7, 11) is -1.61. The van der Waals surface area contributed by atoms with Crippen molar-refractivity contribution in [1.82, 2.24) is 10.2 Å². The zero-order valence-electron chi connectivity index (χ0n) is 22.4. The van der Waals surface area contributed by atoms with E-state index >= 15 is 0 Å². The van der Waals surface area contributed by atoms with E-state index in [9.17, 15) is 18.2 Å². The highest BCUT2D eigenvalue weighted by Gasteiger charge is 2.31. The third-order valence-corrected chi connectivity index (χ3v) is 8.91. The van der Waals surface area contributed by atoms with Crippen LogP contribution in [-0.4, -0.2) is 47.1 Å². The number of carbonyl (C=O) groups is 2. The highest BCUT2D eigenvalue weighted by atomic mass is 32.2. The van der Waals surface area contributed by atoms with Crippen LogP contribution in [0, 0.1) is 17.7 Å². The molecule has 5 rings (SSSR count). The van der Waals surface area contributed by atoms with Crippen molar-refractivity contribution < 1.29 is 18.2 Å². The van der Waals surface area contributed by atoms with Gasteiger partial charge in [-0.05, 0) is 79.3 Å². The zero-order chi connectivity index (χ0) is 27.5. The molecule has 1 N–H and O–H groups in total. The largest absolute Gasteiger partial charge is 0.352 e. The molecule has 6 nitrogen and oxygen atoms in total. The number of amides is 2. The Morgan fingerprint density at radius 2 is 1.72 bits per heavy atom. The van der Waals surface area contributed by atoms with Gasteiger partial charge in [0.25, 0.3) is 11.8 Å². The summed E-state index contributed by atoms with van der Waals surface area (Å²) in [6, 6.07) is 17.8. The second kappa shape index (κ2) is 11.8. The number of halogens is 1. The van der Waals surface area contributed by atoms with E-state index in [-0.39, 0.29) is 24.2 Å². The van der Waals surface area contributed by atoms with Gasteiger partial charge in [-0.3, -0.25) is 9.59 Å². The van der Waals surface area contributed by atoms with Gasteiger partial charge in [-0.25, -0.2) is 8.60 Å². The van der Waals surface area contributed by atoms with Crippen LogP contribution in [0.4, 0.5) is 10.1 Å². The lowest BCUT2D eigenvalue weighted by Gasteiger charge is -2.34. The standard InChI is InChI=1S/C31H34FN3O3S/c1-21-16-22(2)19-34(18-21)15-5-14-33-30(36)24-10-13-29-27(17-24)35(20-23-8-11-25(32)12-9-23)31(37)26-6-3-4-7-28(26)39(29)38/h3-4,6-13,17,21-22H,5,14-16,18-20H2,1-2H3,(H,33,36)/t21-,22+,39-/m0/s1. The first-order valence-corrected chi connectivity index (χ1v) is 14.7. The minimum absolute atomic E-state index is 0.148. The molecule has 0 aromatic heterocycles. The summed E-state index contributed by atoms with van der Waals surface area (Å²) < 4.78 is 27.1. The molecule has 0 unspecified atom stereocenters. The smallest absolute Gasteiger partial charge is 0.259 e. The van der Waals surface area contributed by atoms with E-state index in [4.69, 9.17) is 0 Å². The van der Waals surface area contributed by atoms with Crippen LogP contribution in [0.25, 0.3) is 0 Å². The molecule has 2 amide bonds. The zero-order valence-corrected chi connectivity index (χ0v) is 23.2. The quantitative estimate of drug-likeness (QED) is 0.410. The molecule has 39 heavy (non-hydrogen) atoms. The average Bonchev–Trinajstić information content (AvgIpc) is 3.01. The first kappa shape index (κ1) is 27.2. The molecule has 0 aliphatic carbocycles. The number of piperidine rings is 1. The molecule has 0 bridgehead atoms. The average molecular weight is 548 g/mol. The van der Waals surface area contributed by atoms with Gasteiger partial charge >= 0.3 is 0 Å². The summed E-state index contributed by atoms with van der Waals surface area (Å²) in [6.07, 6.45) is 2.12. The molecule has 2 aliphatic rings. The van der Waals surface area contributed by atoms with Crippen LogP contribution in [0.5, 0.6) is 0 Å². The molecular weight excluding hydrogens is 513 g/mol. The topological polar surface area (TPSA) is 69.7 Å². The Balaban J connectivity index is 1.36. The van der Waals surface area contributed by atoms with Crippen LogP contribution in [0.1, 0.15) is 53.0 Å². The number of rotatable bonds is 7. The Labute approximate surface area is 231 Å². The van der Waals surface area contributed by atoms with E-state index < -0.39 is 10.8 Å². The fourth-order valence-corrected chi connectivity index (χ4v) is 7.06. The molecule has 2 aliphatic heterocycles. The second-order valence-corrected chi connectivity index (χ2v) is 12.2. The molecule has 8 heteroatoms. The molecular formula is C31H34FN3O3S. The molecule has 1 fully saturated rings. The van der Waals surface area contributed by atoms with E-state index in [2.05, 4.69) is 24.1 Å². The number of hydrogen-bond acceptors (Lipinski definition) is 4. The van der Waals surface area contributed by atoms with Gasteiger partial charge in [0.15, 0.2) is 0 Å². The number of carbonyl (C=O) groups excluding carboxylic acids is 2. The Kier molecular flexibility index (Phi) is 8.23. The van der Waals surface area contributed by atoms with Crippen molar-refractivity contribution in [2.45, 2.75) is 43.0 Å². The Morgan fingerprint density at radius 3 is 2.46 bits per heavy atom. The Hall–Kier alpha value is -3.36. The summed E-state index contributed by atoms with van der Waals surface area (Å²) in [6.45, 7) is 8.41. The first-order chi connectivity index (χ1) is 18.8. The van der Waals surface area contributed by atoms with Crippen molar-refractivity contribution in [2.75, 3.05) is 31.1 Å². The Morgan fingerprint density at radius 1 is 1.00 bits per heavy atom. The number of nitrogens with zero attached hydrogens (tertiary/aromatic N) is 2. The highest BCUT2D eigenvalue weighted by molar-refractivity contribution is 7.85.